The van der Waals surface area contributed by atoms with Gasteiger partial charge in [0.05, 0.1) is 0 Å². The third-order valence-electron chi connectivity index (χ3n) is 4.11. The van der Waals surface area contributed by atoms with Gasteiger partial charge in [-0.3, -0.25) is 9.59 Å². The summed E-state index contributed by atoms with van der Waals surface area (Å²) in [5.74, 6) is -0.182. The molecule has 0 bridgehead atoms. The smallest absolute Gasteiger partial charge is 0.253 e. The van der Waals surface area contributed by atoms with Crippen molar-refractivity contribution in [2.24, 2.45) is 0 Å². The van der Waals surface area contributed by atoms with Gasteiger partial charge >= 0.3 is 0 Å². The number of pyridine rings is 1. The van der Waals surface area contributed by atoms with E-state index in [1.54, 1.807) is 6.07 Å². The molecule has 0 fully saturated rings. The SMILES string of the molecule is Cc1cccc(C(=O)NCc2cc3c(C)cc(C)cc3[nH]c2=O)c1. The standard InChI is InChI=1S/C20H20N2O2/c1-12-5-4-6-15(8-12)19(23)21-11-16-10-17-14(3)7-13(2)9-18(17)22-20(16)24/h4-10H,11H2,1-3H3,(H,21,23)(H,22,24). The lowest BCUT2D eigenvalue weighted by Gasteiger charge is -2.09. The molecule has 122 valence electrons. The van der Waals surface area contributed by atoms with Gasteiger partial charge in [-0.2, -0.15) is 0 Å². The molecule has 4 nitrogen and oxygen atoms in total. The number of H-pyrrole nitrogens is 1. The largest absolute Gasteiger partial charge is 0.348 e. The van der Waals surface area contributed by atoms with Crippen LogP contribution in [0.2, 0.25) is 0 Å². The molecule has 0 saturated carbocycles. The summed E-state index contributed by atoms with van der Waals surface area (Å²) >= 11 is 0. The summed E-state index contributed by atoms with van der Waals surface area (Å²) in [5, 5.41) is 3.82. The Labute approximate surface area is 140 Å². The molecule has 0 aliphatic rings. The number of amides is 1. The van der Waals surface area contributed by atoms with E-state index < -0.39 is 0 Å². The predicted octanol–water partition coefficient (Wildman–Crippen LogP) is 3.38. The van der Waals surface area contributed by atoms with E-state index in [2.05, 4.69) is 16.4 Å². The number of aromatic amines is 1. The molecular formula is C20H20N2O2. The Bertz CT molecular complexity index is 987. The van der Waals surface area contributed by atoms with E-state index >= 15 is 0 Å². The van der Waals surface area contributed by atoms with E-state index in [0.717, 1.165) is 27.6 Å². The van der Waals surface area contributed by atoms with Gasteiger partial charge in [-0.15, -0.1) is 0 Å². The zero-order valence-electron chi connectivity index (χ0n) is 14.1. The van der Waals surface area contributed by atoms with Gasteiger partial charge in [0.25, 0.3) is 11.5 Å². The predicted molar refractivity (Wildman–Crippen MR) is 96.4 cm³/mol. The summed E-state index contributed by atoms with van der Waals surface area (Å²) in [5.41, 5.74) is 5.04. The van der Waals surface area contributed by atoms with Gasteiger partial charge in [0.1, 0.15) is 0 Å². The van der Waals surface area contributed by atoms with Crippen molar-refractivity contribution in [1.29, 1.82) is 0 Å². The fraction of sp³-hybridized carbons (Fsp3) is 0.200. The molecule has 1 heterocycles. The van der Waals surface area contributed by atoms with Gasteiger partial charge in [-0.05, 0) is 56.2 Å². The van der Waals surface area contributed by atoms with E-state index in [-0.39, 0.29) is 18.0 Å². The minimum Gasteiger partial charge on any atom is -0.348 e. The van der Waals surface area contributed by atoms with Crippen molar-refractivity contribution in [3.05, 3.63) is 80.6 Å². The maximum absolute atomic E-state index is 12.3. The highest BCUT2D eigenvalue weighted by Crippen LogP contribution is 2.18. The number of nitrogens with one attached hydrogen (secondary N) is 2. The molecule has 3 rings (SSSR count). The Morgan fingerprint density at radius 1 is 1.04 bits per heavy atom. The van der Waals surface area contributed by atoms with Crippen molar-refractivity contribution in [3.8, 4) is 0 Å². The van der Waals surface area contributed by atoms with Crippen molar-refractivity contribution < 1.29 is 4.79 Å². The Hall–Kier alpha value is -2.88. The Balaban J connectivity index is 1.86. The number of carbonyl (C=O) groups is 1. The minimum atomic E-state index is -0.182. The molecule has 3 aromatic rings. The molecule has 0 aliphatic carbocycles. The van der Waals surface area contributed by atoms with Crippen LogP contribution in [0.15, 0.2) is 47.3 Å². The molecular weight excluding hydrogens is 300 g/mol. The van der Waals surface area contributed by atoms with Crippen molar-refractivity contribution in [2.45, 2.75) is 27.3 Å². The summed E-state index contributed by atoms with van der Waals surface area (Å²) in [7, 11) is 0. The monoisotopic (exact) mass is 320 g/mol. The fourth-order valence-electron chi connectivity index (χ4n) is 2.91. The quantitative estimate of drug-likeness (QED) is 0.777. The first-order chi connectivity index (χ1) is 11.4. The van der Waals surface area contributed by atoms with Crippen LogP contribution in [0.25, 0.3) is 10.9 Å². The summed E-state index contributed by atoms with van der Waals surface area (Å²) in [6.07, 6.45) is 0. The third-order valence-corrected chi connectivity index (χ3v) is 4.11. The average Bonchev–Trinajstić information content (AvgIpc) is 2.52. The van der Waals surface area contributed by atoms with Crippen LogP contribution in [0.1, 0.15) is 32.6 Å². The molecule has 1 amide bonds. The van der Waals surface area contributed by atoms with E-state index in [1.807, 2.05) is 51.1 Å². The minimum absolute atomic E-state index is 0.169. The molecule has 0 radical (unpaired) electrons. The van der Waals surface area contributed by atoms with Crippen LogP contribution in [0.5, 0.6) is 0 Å². The van der Waals surface area contributed by atoms with Gasteiger partial charge in [0.15, 0.2) is 0 Å². The summed E-state index contributed by atoms with van der Waals surface area (Å²) in [6.45, 7) is 6.16. The van der Waals surface area contributed by atoms with Gasteiger partial charge in [0.2, 0.25) is 0 Å². The highest BCUT2D eigenvalue weighted by molar-refractivity contribution is 5.94. The number of hydrogen-bond donors (Lipinski definition) is 2. The van der Waals surface area contributed by atoms with E-state index in [9.17, 15) is 9.59 Å². The maximum Gasteiger partial charge on any atom is 0.253 e. The molecule has 4 heteroatoms. The van der Waals surface area contributed by atoms with Crippen LogP contribution in [0, 0.1) is 20.8 Å². The molecule has 0 spiro atoms. The lowest BCUT2D eigenvalue weighted by molar-refractivity contribution is 0.0950. The van der Waals surface area contributed by atoms with Crippen LogP contribution in [-0.2, 0) is 6.54 Å². The molecule has 24 heavy (non-hydrogen) atoms. The zero-order chi connectivity index (χ0) is 17.3. The van der Waals surface area contributed by atoms with E-state index in [0.29, 0.717) is 11.1 Å². The molecule has 2 aromatic carbocycles. The molecule has 0 unspecified atom stereocenters. The van der Waals surface area contributed by atoms with Crippen LogP contribution < -0.4 is 10.9 Å². The fourth-order valence-corrected chi connectivity index (χ4v) is 2.91. The van der Waals surface area contributed by atoms with Gasteiger partial charge < -0.3 is 10.3 Å². The van der Waals surface area contributed by atoms with Crippen LogP contribution in [0.4, 0.5) is 0 Å². The number of aromatic nitrogens is 1. The normalized spacial score (nSPS) is 10.8. The Kier molecular flexibility index (Phi) is 4.21. The number of hydrogen-bond acceptors (Lipinski definition) is 2. The molecule has 0 saturated heterocycles. The highest BCUT2D eigenvalue weighted by atomic mass is 16.1. The second-order valence-corrected chi connectivity index (χ2v) is 6.22. The topological polar surface area (TPSA) is 62.0 Å². The van der Waals surface area contributed by atoms with E-state index in [1.165, 1.54) is 0 Å². The molecule has 2 N–H and O–H groups in total. The van der Waals surface area contributed by atoms with Crippen molar-refractivity contribution in [3.63, 3.8) is 0 Å². The zero-order valence-corrected chi connectivity index (χ0v) is 14.1. The summed E-state index contributed by atoms with van der Waals surface area (Å²) in [4.78, 5) is 27.4. The summed E-state index contributed by atoms with van der Waals surface area (Å²) < 4.78 is 0. The first kappa shape index (κ1) is 16.0. The van der Waals surface area contributed by atoms with Gasteiger partial charge in [-0.1, -0.05) is 23.8 Å². The molecule has 1 aromatic heterocycles. The highest BCUT2D eigenvalue weighted by Gasteiger charge is 2.09. The maximum atomic E-state index is 12.3. The summed E-state index contributed by atoms with van der Waals surface area (Å²) in [6, 6.07) is 13.3. The number of aryl methyl sites for hydroxylation is 3. The molecule has 0 atom stereocenters. The number of carbonyl (C=O) groups excluding carboxylic acids is 1. The second kappa shape index (κ2) is 6.32. The van der Waals surface area contributed by atoms with Gasteiger partial charge in [0, 0.05) is 28.6 Å². The lowest BCUT2D eigenvalue weighted by Crippen LogP contribution is -2.26. The van der Waals surface area contributed by atoms with Crippen LogP contribution in [-0.4, -0.2) is 10.9 Å². The first-order valence-corrected chi connectivity index (χ1v) is 7.92. The number of fused-ring (bicyclic) bond motifs is 1. The molecule has 0 aliphatic heterocycles. The first-order valence-electron chi connectivity index (χ1n) is 7.92. The van der Waals surface area contributed by atoms with Crippen molar-refractivity contribution in [2.75, 3.05) is 0 Å². The average molecular weight is 320 g/mol. The Morgan fingerprint density at radius 2 is 1.83 bits per heavy atom. The van der Waals surface area contributed by atoms with Crippen LogP contribution in [0.3, 0.4) is 0 Å². The second-order valence-electron chi connectivity index (χ2n) is 6.22. The van der Waals surface area contributed by atoms with Crippen molar-refractivity contribution in [1.82, 2.24) is 10.3 Å². The lowest BCUT2D eigenvalue weighted by atomic mass is 10.0. The number of benzene rings is 2. The van der Waals surface area contributed by atoms with Crippen molar-refractivity contribution >= 4 is 16.8 Å². The number of rotatable bonds is 3. The van der Waals surface area contributed by atoms with Crippen LogP contribution >= 0.6 is 0 Å². The third kappa shape index (κ3) is 3.23. The van der Waals surface area contributed by atoms with E-state index in [4.69, 9.17) is 0 Å². The van der Waals surface area contributed by atoms with Gasteiger partial charge in [-0.25, -0.2) is 0 Å². The Morgan fingerprint density at radius 3 is 2.58 bits per heavy atom.